The summed E-state index contributed by atoms with van der Waals surface area (Å²) in [7, 11) is 0. The van der Waals surface area contributed by atoms with Gasteiger partial charge in [-0.25, -0.2) is 9.97 Å². The van der Waals surface area contributed by atoms with Gasteiger partial charge in [0.25, 0.3) is 0 Å². The third-order valence-corrected chi connectivity index (χ3v) is 2.30. The van der Waals surface area contributed by atoms with Crippen molar-refractivity contribution in [2.75, 3.05) is 13.1 Å². The van der Waals surface area contributed by atoms with Crippen molar-refractivity contribution in [2.45, 2.75) is 19.8 Å². The first-order valence-electron chi connectivity index (χ1n) is 5.50. The number of aromatic nitrogens is 2. The topological polar surface area (TPSA) is 80.9 Å². The lowest BCUT2D eigenvalue weighted by Crippen LogP contribution is -2.36. The number of hydrogen-bond acceptors (Lipinski definition) is 4. The molecule has 5 heteroatoms. The quantitative estimate of drug-likeness (QED) is 0.716. The number of carbonyl (C=O) groups is 1. The maximum absolute atomic E-state index is 11.7. The van der Waals surface area contributed by atoms with Crippen LogP contribution in [-0.4, -0.2) is 29.0 Å². The van der Waals surface area contributed by atoms with Crippen molar-refractivity contribution in [1.82, 2.24) is 15.3 Å². The van der Waals surface area contributed by atoms with Crippen molar-refractivity contribution in [1.29, 1.82) is 0 Å². The number of amides is 1. The average Bonchev–Trinajstić information content (AvgIpc) is 2.34. The van der Waals surface area contributed by atoms with Gasteiger partial charge in [0.15, 0.2) is 0 Å². The van der Waals surface area contributed by atoms with Crippen molar-refractivity contribution in [3.8, 4) is 0 Å². The zero-order chi connectivity index (χ0) is 11.8. The minimum atomic E-state index is -0.207. The zero-order valence-electron chi connectivity index (χ0n) is 9.52. The summed E-state index contributed by atoms with van der Waals surface area (Å²) in [5.41, 5.74) is 6.43. The molecule has 0 saturated heterocycles. The highest BCUT2D eigenvalue weighted by Crippen LogP contribution is 2.04. The van der Waals surface area contributed by atoms with Crippen LogP contribution in [0, 0.1) is 5.92 Å². The van der Waals surface area contributed by atoms with E-state index in [0.29, 0.717) is 19.5 Å². The number of hydrogen-bond donors (Lipinski definition) is 2. The summed E-state index contributed by atoms with van der Waals surface area (Å²) in [5, 5.41) is 2.84. The summed E-state index contributed by atoms with van der Waals surface area (Å²) in [5.74, 6) is -0.204. The maximum Gasteiger partial charge on any atom is 0.224 e. The first-order valence-corrected chi connectivity index (χ1v) is 5.50. The van der Waals surface area contributed by atoms with Gasteiger partial charge < -0.3 is 11.1 Å². The average molecular weight is 222 g/mol. The molecule has 0 aliphatic carbocycles. The summed E-state index contributed by atoms with van der Waals surface area (Å²) in [6.07, 6.45) is 4.64. The fraction of sp³-hybridized carbons (Fsp3) is 0.545. The van der Waals surface area contributed by atoms with E-state index in [1.807, 2.05) is 6.92 Å². The first-order chi connectivity index (χ1) is 7.77. The second-order valence-electron chi connectivity index (χ2n) is 3.63. The zero-order valence-corrected chi connectivity index (χ0v) is 9.52. The van der Waals surface area contributed by atoms with Gasteiger partial charge >= 0.3 is 0 Å². The number of rotatable bonds is 6. The van der Waals surface area contributed by atoms with Gasteiger partial charge in [-0.3, -0.25) is 4.79 Å². The Morgan fingerprint density at radius 1 is 1.62 bits per heavy atom. The Morgan fingerprint density at radius 3 is 3.00 bits per heavy atom. The van der Waals surface area contributed by atoms with Crippen molar-refractivity contribution < 1.29 is 4.79 Å². The molecule has 5 nitrogen and oxygen atoms in total. The molecule has 1 heterocycles. The van der Waals surface area contributed by atoms with E-state index in [-0.39, 0.29) is 11.8 Å². The molecule has 1 aromatic rings. The molecule has 0 aliphatic rings. The molecule has 0 saturated carbocycles. The molecule has 1 aromatic heterocycles. The van der Waals surface area contributed by atoms with Crippen LogP contribution in [0.3, 0.4) is 0 Å². The molecule has 1 rings (SSSR count). The number of carbonyl (C=O) groups excluding carboxylic acids is 1. The molecule has 0 bridgehead atoms. The summed E-state index contributed by atoms with van der Waals surface area (Å²) < 4.78 is 0. The van der Waals surface area contributed by atoms with E-state index in [9.17, 15) is 4.79 Å². The van der Waals surface area contributed by atoms with Crippen LogP contribution < -0.4 is 11.1 Å². The fourth-order valence-corrected chi connectivity index (χ4v) is 1.37. The van der Waals surface area contributed by atoms with Crippen molar-refractivity contribution in [2.24, 2.45) is 11.7 Å². The minimum absolute atomic E-state index is 0.00274. The largest absolute Gasteiger partial charge is 0.356 e. The van der Waals surface area contributed by atoms with Gasteiger partial charge in [-0.15, -0.1) is 0 Å². The van der Waals surface area contributed by atoms with E-state index >= 15 is 0 Å². The molecule has 0 radical (unpaired) electrons. The van der Waals surface area contributed by atoms with Crippen LogP contribution >= 0.6 is 0 Å². The second-order valence-corrected chi connectivity index (χ2v) is 3.63. The van der Waals surface area contributed by atoms with E-state index < -0.39 is 0 Å². The fourth-order valence-electron chi connectivity index (χ4n) is 1.37. The van der Waals surface area contributed by atoms with Gasteiger partial charge in [0.1, 0.15) is 6.33 Å². The Hall–Kier alpha value is -1.49. The number of nitrogens with one attached hydrogen (secondary N) is 1. The summed E-state index contributed by atoms with van der Waals surface area (Å²) >= 11 is 0. The van der Waals surface area contributed by atoms with Crippen LogP contribution in [0.4, 0.5) is 0 Å². The Balaban J connectivity index is 2.52. The molecule has 0 fully saturated rings. The van der Waals surface area contributed by atoms with E-state index in [0.717, 1.165) is 12.1 Å². The molecule has 3 N–H and O–H groups in total. The molecule has 16 heavy (non-hydrogen) atoms. The van der Waals surface area contributed by atoms with E-state index in [4.69, 9.17) is 5.73 Å². The van der Waals surface area contributed by atoms with E-state index in [2.05, 4.69) is 15.3 Å². The molecule has 1 atom stereocenters. The highest BCUT2D eigenvalue weighted by atomic mass is 16.1. The third kappa shape index (κ3) is 3.94. The normalized spacial score (nSPS) is 12.1. The monoisotopic (exact) mass is 222 g/mol. The van der Waals surface area contributed by atoms with Gasteiger partial charge in [0, 0.05) is 31.4 Å². The molecular weight excluding hydrogens is 204 g/mol. The number of nitrogens with zero attached hydrogens (tertiary/aromatic N) is 2. The van der Waals surface area contributed by atoms with Crippen LogP contribution in [0.5, 0.6) is 0 Å². The predicted molar refractivity (Wildman–Crippen MR) is 61.6 cm³/mol. The van der Waals surface area contributed by atoms with Gasteiger partial charge in [-0.2, -0.15) is 0 Å². The third-order valence-electron chi connectivity index (χ3n) is 2.30. The van der Waals surface area contributed by atoms with Gasteiger partial charge in [0.05, 0.1) is 5.92 Å². The molecule has 0 aliphatic heterocycles. The van der Waals surface area contributed by atoms with Crippen molar-refractivity contribution >= 4 is 5.91 Å². The highest BCUT2D eigenvalue weighted by molar-refractivity contribution is 5.79. The standard InChI is InChI=1S/C11H18N4O/c1-2-4-14-11(16)9(7-12)6-10-3-5-13-8-15-10/h3,5,8-9H,2,4,6-7,12H2,1H3,(H,14,16). The lowest BCUT2D eigenvalue weighted by molar-refractivity contribution is -0.124. The van der Waals surface area contributed by atoms with Crippen molar-refractivity contribution in [3.05, 3.63) is 24.3 Å². The molecular formula is C11H18N4O. The van der Waals surface area contributed by atoms with E-state index in [1.54, 1.807) is 12.3 Å². The molecule has 0 spiro atoms. The Bertz CT molecular complexity index is 315. The first kappa shape index (κ1) is 12.6. The molecule has 1 amide bonds. The lowest BCUT2D eigenvalue weighted by atomic mass is 10.0. The minimum Gasteiger partial charge on any atom is -0.356 e. The molecule has 1 unspecified atom stereocenters. The highest BCUT2D eigenvalue weighted by Gasteiger charge is 2.17. The van der Waals surface area contributed by atoms with Crippen LogP contribution in [0.15, 0.2) is 18.6 Å². The summed E-state index contributed by atoms with van der Waals surface area (Å²) in [6.45, 7) is 3.04. The Kier molecular flexibility index (Phi) is 5.42. The second kappa shape index (κ2) is 6.90. The van der Waals surface area contributed by atoms with Crippen LogP contribution in [-0.2, 0) is 11.2 Å². The predicted octanol–water partition coefficient (Wildman–Crippen LogP) is 0.120. The summed E-state index contributed by atoms with van der Waals surface area (Å²) in [6, 6.07) is 1.80. The Morgan fingerprint density at radius 2 is 2.44 bits per heavy atom. The Labute approximate surface area is 95.5 Å². The lowest BCUT2D eigenvalue weighted by Gasteiger charge is -2.13. The van der Waals surface area contributed by atoms with Crippen LogP contribution in [0.1, 0.15) is 19.0 Å². The smallest absolute Gasteiger partial charge is 0.224 e. The number of nitrogens with two attached hydrogens (primary N) is 1. The SMILES string of the molecule is CCCNC(=O)C(CN)Cc1ccncn1. The molecule has 0 aromatic carbocycles. The van der Waals surface area contributed by atoms with Gasteiger partial charge in [-0.1, -0.05) is 6.92 Å². The van der Waals surface area contributed by atoms with Gasteiger partial charge in [0.2, 0.25) is 5.91 Å². The molecule has 88 valence electrons. The van der Waals surface area contributed by atoms with Crippen LogP contribution in [0.2, 0.25) is 0 Å². The van der Waals surface area contributed by atoms with Crippen molar-refractivity contribution in [3.63, 3.8) is 0 Å². The summed E-state index contributed by atoms with van der Waals surface area (Å²) in [4.78, 5) is 19.6. The van der Waals surface area contributed by atoms with E-state index in [1.165, 1.54) is 6.33 Å². The van der Waals surface area contributed by atoms with Crippen LogP contribution in [0.25, 0.3) is 0 Å². The maximum atomic E-state index is 11.7. The van der Waals surface area contributed by atoms with Gasteiger partial charge in [-0.05, 0) is 12.5 Å².